The van der Waals surface area contributed by atoms with Crippen LogP contribution in [0.25, 0.3) is 0 Å². The third-order valence-electron chi connectivity index (χ3n) is 4.85. The van der Waals surface area contributed by atoms with E-state index in [1.165, 1.54) is 0 Å². The van der Waals surface area contributed by atoms with Gasteiger partial charge >= 0.3 is 5.97 Å². The molecule has 0 spiro atoms. The summed E-state index contributed by atoms with van der Waals surface area (Å²) in [5.41, 5.74) is 1.38. The minimum atomic E-state index is -0.302. The number of hydrogen-bond acceptors (Lipinski definition) is 6. The second kappa shape index (κ2) is 7.05. The Labute approximate surface area is 143 Å². The minimum Gasteiger partial charge on any atom is -0.460 e. The van der Waals surface area contributed by atoms with Gasteiger partial charge in [-0.25, -0.2) is 14.8 Å². The van der Waals surface area contributed by atoms with E-state index in [1.54, 1.807) is 0 Å². The van der Waals surface area contributed by atoms with Crippen molar-refractivity contribution in [2.45, 2.75) is 58.4 Å². The largest absolute Gasteiger partial charge is 0.460 e. The lowest BCUT2D eigenvalue weighted by atomic mass is 9.98. The van der Waals surface area contributed by atoms with Crippen LogP contribution in [0.2, 0.25) is 0 Å². The average molecular weight is 333 g/mol. The van der Waals surface area contributed by atoms with Crippen molar-refractivity contribution in [2.75, 3.05) is 31.3 Å². The summed E-state index contributed by atoms with van der Waals surface area (Å²) in [5.74, 6) is 1.62. The van der Waals surface area contributed by atoms with Gasteiger partial charge in [-0.05, 0) is 18.8 Å². The Balaban J connectivity index is 2.19. The molecule has 24 heavy (non-hydrogen) atoms. The van der Waals surface area contributed by atoms with E-state index in [-0.39, 0.29) is 23.8 Å². The third kappa shape index (κ3) is 3.11. The van der Waals surface area contributed by atoms with Gasteiger partial charge in [0.05, 0.1) is 18.3 Å². The smallest absolute Gasteiger partial charge is 0.343 e. The maximum Gasteiger partial charge on any atom is 0.343 e. The van der Waals surface area contributed by atoms with E-state index in [1.807, 2.05) is 0 Å². The van der Waals surface area contributed by atoms with E-state index in [2.05, 4.69) is 32.6 Å². The summed E-state index contributed by atoms with van der Waals surface area (Å²) in [5, 5.41) is 0. The first kappa shape index (κ1) is 17.1. The fraction of sp³-hybridized carbons (Fsp3) is 0.722. The SMILES string of the molecule is CCC(C)c1nc(C(C)C)nc2c1C(=O)OCC1COCCCN21. The molecule has 0 N–H and O–H groups in total. The van der Waals surface area contributed by atoms with Gasteiger partial charge in [0, 0.05) is 19.1 Å². The fourth-order valence-electron chi connectivity index (χ4n) is 3.18. The highest BCUT2D eigenvalue weighted by Crippen LogP contribution is 2.33. The molecule has 2 aliphatic rings. The van der Waals surface area contributed by atoms with Gasteiger partial charge in [0.2, 0.25) is 0 Å². The van der Waals surface area contributed by atoms with Gasteiger partial charge in [-0.15, -0.1) is 0 Å². The summed E-state index contributed by atoms with van der Waals surface area (Å²) in [6.07, 6.45) is 1.84. The first-order valence-electron chi connectivity index (χ1n) is 8.96. The summed E-state index contributed by atoms with van der Waals surface area (Å²) in [6, 6.07) is 0.0254. The molecule has 0 amide bonds. The highest BCUT2D eigenvalue weighted by Gasteiger charge is 2.35. The van der Waals surface area contributed by atoms with Gasteiger partial charge in [-0.1, -0.05) is 27.7 Å². The molecule has 6 nitrogen and oxygen atoms in total. The van der Waals surface area contributed by atoms with Crippen LogP contribution in [-0.4, -0.2) is 48.3 Å². The molecule has 1 fully saturated rings. The maximum atomic E-state index is 12.7. The number of nitrogens with zero attached hydrogens (tertiary/aromatic N) is 3. The number of carbonyl (C=O) groups excluding carboxylic acids is 1. The van der Waals surface area contributed by atoms with Gasteiger partial charge in [0.1, 0.15) is 23.8 Å². The van der Waals surface area contributed by atoms with Crippen molar-refractivity contribution in [3.8, 4) is 0 Å². The van der Waals surface area contributed by atoms with Gasteiger partial charge in [-0.2, -0.15) is 0 Å². The van der Waals surface area contributed by atoms with Crippen molar-refractivity contribution >= 4 is 11.8 Å². The van der Waals surface area contributed by atoms with Gasteiger partial charge in [0.25, 0.3) is 0 Å². The second-order valence-corrected chi connectivity index (χ2v) is 7.00. The zero-order chi connectivity index (χ0) is 17.3. The molecule has 132 valence electrons. The first-order valence-corrected chi connectivity index (χ1v) is 8.96. The molecule has 0 bridgehead atoms. The van der Waals surface area contributed by atoms with Gasteiger partial charge < -0.3 is 14.4 Å². The predicted octanol–water partition coefficient (Wildman–Crippen LogP) is 2.88. The van der Waals surface area contributed by atoms with Gasteiger partial charge in [-0.3, -0.25) is 0 Å². The maximum absolute atomic E-state index is 12.7. The van der Waals surface area contributed by atoms with Crippen LogP contribution in [-0.2, 0) is 9.47 Å². The van der Waals surface area contributed by atoms with Crippen molar-refractivity contribution in [1.82, 2.24) is 9.97 Å². The molecule has 0 saturated carbocycles. The lowest BCUT2D eigenvalue weighted by Gasteiger charge is -2.29. The number of rotatable bonds is 3. The van der Waals surface area contributed by atoms with Crippen molar-refractivity contribution in [3.05, 3.63) is 17.1 Å². The summed E-state index contributed by atoms with van der Waals surface area (Å²) < 4.78 is 11.2. The number of esters is 1. The summed E-state index contributed by atoms with van der Waals surface area (Å²) in [6.45, 7) is 10.8. The zero-order valence-corrected chi connectivity index (χ0v) is 15.0. The fourth-order valence-corrected chi connectivity index (χ4v) is 3.18. The number of carbonyl (C=O) groups is 1. The third-order valence-corrected chi connectivity index (χ3v) is 4.85. The molecule has 2 atom stereocenters. The predicted molar refractivity (Wildman–Crippen MR) is 91.7 cm³/mol. The Hall–Kier alpha value is -1.69. The molecule has 1 aromatic heterocycles. The number of cyclic esters (lactones) is 1. The molecule has 3 rings (SSSR count). The standard InChI is InChI=1S/C18H27N3O3/c1-5-12(4)15-14-17(20-16(19-15)11(2)3)21-7-6-8-23-9-13(21)10-24-18(14)22/h11-13H,5-10H2,1-4H3. The highest BCUT2D eigenvalue weighted by molar-refractivity contribution is 5.97. The van der Waals surface area contributed by atoms with Crippen LogP contribution in [0.1, 0.15) is 74.2 Å². The van der Waals surface area contributed by atoms with Crippen molar-refractivity contribution in [1.29, 1.82) is 0 Å². The quantitative estimate of drug-likeness (QED) is 0.793. The molecule has 0 radical (unpaired) electrons. The lowest BCUT2D eigenvalue weighted by molar-refractivity contribution is 0.0436. The van der Waals surface area contributed by atoms with Crippen molar-refractivity contribution in [3.63, 3.8) is 0 Å². The van der Waals surface area contributed by atoms with Crippen molar-refractivity contribution in [2.24, 2.45) is 0 Å². The molecule has 0 aliphatic carbocycles. The highest BCUT2D eigenvalue weighted by atomic mass is 16.5. The first-order chi connectivity index (χ1) is 11.5. The summed E-state index contributed by atoms with van der Waals surface area (Å²) in [4.78, 5) is 24.4. The van der Waals surface area contributed by atoms with Crippen LogP contribution in [0.3, 0.4) is 0 Å². The molecule has 0 aromatic carbocycles. The minimum absolute atomic E-state index is 0.0254. The number of anilines is 1. The average Bonchev–Trinajstić information content (AvgIpc) is 2.88. The summed E-state index contributed by atoms with van der Waals surface area (Å²) in [7, 11) is 0. The van der Waals surface area contributed by atoms with Crippen LogP contribution in [0, 0.1) is 0 Å². The van der Waals surface area contributed by atoms with E-state index in [9.17, 15) is 4.79 Å². The van der Waals surface area contributed by atoms with Crippen molar-refractivity contribution < 1.29 is 14.3 Å². The van der Waals surface area contributed by atoms with E-state index in [0.717, 1.165) is 43.3 Å². The van der Waals surface area contributed by atoms with E-state index in [0.29, 0.717) is 18.8 Å². The second-order valence-electron chi connectivity index (χ2n) is 7.00. The van der Waals surface area contributed by atoms with E-state index >= 15 is 0 Å². The molecular weight excluding hydrogens is 306 g/mol. The molecular formula is C18H27N3O3. The number of fused-ring (bicyclic) bond motifs is 3. The molecule has 2 unspecified atom stereocenters. The number of hydrogen-bond donors (Lipinski definition) is 0. The molecule has 1 aromatic rings. The molecule has 3 heterocycles. The monoisotopic (exact) mass is 333 g/mol. The van der Waals surface area contributed by atoms with E-state index < -0.39 is 0 Å². The Kier molecular flexibility index (Phi) is 5.04. The van der Waals surface area contributed by atoms with Crippen LogP contribution in [0.4, 0.5) is 5.82 Å². The van der Waals surface area contributed by atoms with Crippen LogP contribution in [0.5, 0.6) is 0 Å². The van der Waals surface area contributed by atoms with Crippen LogP contribution < -0.4 is 4.90 Å². The molecule has 2 aliphatic heterocycles. The number of ether oxygens (including phenoxy) is 2. The van der Waals surface area contributed by atoms with Crippen LogP contribution in [0.15, 0.2) is 0 Å². The Morgan fingerprint density at radius 1 is 1.25 bits per heavy atom. The Morgan fingerprint density at radius 3 is 2.75 bits per heavy atom. The Morgan fingerprint density at radius 2 is 2.04 bits per heavy atom. The summed E-state index contributed by atoms with van der Waals surface area (Å²) >= 11 is 0. The molecule has 1 saturated heterocycles. The number of aromatic nitrogens is 2. The lowest BCUT2D eigenvalue weighted by Crippen LogP contribution is -2.40. The van der Waals surface area contributed by atoms with E-state index in [4.69, 9.17) is 19.4 Å². The zero-order valence-electron chi connectivity index (χ0n) is 15.0. The molecule has 6 heteroatoms. The van der Waals surface area contributed by atoms with Crippen LogP contribution >= 0.6 is 0 Å². The Bertz CT molecular complexity index is 618. The normalized spacial score (nSPS) is 22.3. The topological polar surface area (TPSA) is 64.5 Å². The van der Waals surface area contributed by atoms with Gasteiger partial charge in [0.15, 0.2) is 0 Å².